The number of carbonyl (C=O) groups excluding carboxylic acids is 1. The zero-order valence-corrected chi connectivity index (χ0v) is 13.9. The van der Waals surface area contributed by atoms with Crippen molar-refractivity contribution >= 4 is 5.91 Å². The standard InChI is InChI=1S/C18H20N4O2/c1-12(2)16-20-21-17(24-16)14-6-8-22(9-7-14)18(23)15-5-3-4-13(10-15)11-19/h3-5,10,12,14H,6-9H2,1-2H3. The van der Waals surface area contributed by atoms with Gasteiger partial charge >= 0.3 is 0 Å². The summed E-state index contributed by atoms with van der Waals surface area (Å²) in [5.41, 5.74) is 1.06. The van der Waals surface area contributed by atoms with E-state index in [2.05, 4.69) is 16.3 Å². The van der Waals surface area contributed by atoms with Crippen molar-refractivity contribution in [3.63, 3.8) is 0 Å². The zero-order valence-electron chi connectivity index (χ0n) is 13.9. The van der Waals surface area contributed by atoms with E-state index in [0.29, 0.717) is 36.0 Å². The molecule has 0 aliphatic carbocycles. The Morgan fingerprint density at radius 3 is 2.71 bits per heavy atom. The van der Waals surface area contributed by atoms with Crippen molar-refractivity contribution in [3.8, 4) is 6.07 Å². The fourth-order valence-corrected chi connectivity index (χ4v) is 2.88. The summed E-state index contributed by atoms with van der Waals surface area (Å²) in [5, 5.41) is 17.2. The van der Waals surface area contributed by atoms with Gasteiger partial charge in [-0.1, -0.05) is 19.9 Å². The smallest absolute Gasteiger partial charge is 0.253 e. The van der Waals surface area contributed by atoms with Gasteiger partial charge in [0.1, 0.15) is 0 Å². The number of likely N-dealkylation sites (tertiary alicyclic amines) is 1. The summed E-state index contributed by atoms with van der Waals surface area (Å²) < 4.78 is 5.73. The van der Waals surface area contributed by atoms with Crippen LogP contribution in [-0.2, 0) is 0 Å². The van der Waals surface area contributed by atoms with Gasteiger partial charge in [-0.2, -0.15) is 5.26 Å². The van der Waals surface area contributed by atoms with Gasteiger partial charge in [0.05, 0.1) is 11.6 Å². The van der Waals surface area contributed by atoms with E-state index in [-0.39, 0.29) is 17.7 Å². The van der Waals surface area contributed by atoms with E-state index in [1.54, 1.807) is 24.3 Å². The first-order valence-electron chi connectivity index (χ1n) is 8.21. The average Bonchev–Trinajstić information content (AvgIpc) is 3.12. The number of benzene rings is 1. The Bertz CT molecular complexity index is 767. The van der Waals surface area contributed by atoms with Gasteiger partial charge < -0.3 is 9.32 Å². The highest BCUT2D eigenvalue weighted by Crippen LogP contribution is 2.29. The molecule has 1 saturated heterocycles. The van der Waals surface area contributed by atoms with Crippen LogP contribution >= 0.6 is 0 Å². The Kier molecular flexibility index (Phi) is 4.61. The van der Waals surface area contributed by atoms with Crippen LogP contribution in [0.25, 0.3) is 0 Å². The van der Waals surface area contributed by atoms with Crippen LogP contribution in [0.5, 0.6) is 0 Å². The maximum absolute atomic E-state index is 12.6. The van der Waals surface area contributed by atoms with Crippen molar-refractivity contribution in [3.05, 3.63) is 47.2 Å². The number of carbonyl (C=O) groups is 1. The number of nitrogens with zero attached hydrogens (tertiary/aromatic N) is 4. The normalized spacial score (nSPS) is 15.5. The number of piperidine rings is 1. The Hall–Kier alpha value is -2.68. The minimum atomic E-state index is -0.0288. The van der Waals surface area contributed by atoms with E-state index < -0.39 is 0 Å². The number of amides is 1. The summed E-state index contributed by atoms with van der Waals surface area (Å²) in [6.07, 6.45) is 1.62. The lowest BCUT2D eigenvalue weighted by Gasteiger charge is -2.30. The van der Waals surface area contributed by atoms with Gasteiger partial charge in [0, 0.05) is 30.5 Å². The van der Waals surface area contributed by atoms with Crippen LogP contribution in [0.2, 0.25) is 0 Å². The van der Waals surface area contributed by atoms with Gasteiger partial charge in [-0.3, -0.25) is 4.79 Å². The molecule has 1 aliphatic rings. The number of hydrogen-bond donors (Lipinski definition) is 0. The van der Waals surface area contributed by atoms with Crippen LogP contribution in [0.4, 0.5) is 0 Å². The largest absolute Gasteiger partial charge is 0.425 e. The van der Waals surface area contributed by atoms with E-state index in [1.807, 2.05) is 18.7 Å². The summed E-state index contributed by atoms with van der Waals surface area (Å²) in [7, 11) is 0. The van der Waals surface area contributed by atoms with Gasteiger partial charge in [0.2, 0.25) is 11.8 Å². The van der Waals surface area contributed by atoms with Gasteiger partial charge in [0.25, 0.3) is 5.91 Å². The zero-order chi connectivity index (χ0) is 17.1. The van der Waals surface area contributed by atoms with E-state index in [0.717, 1.165) is 12.8 Å². The highest BCUT2D eigenvalue weighted by atomic mass is 16.4. The molecule has 0 spiro atoms. The first kappa shape index (κ1) is 16.2. The molecule has 1 fully saturated rings. The number of nitriles is 1. The molecule has 6 heteroatoms. The molecule has 0 radical (unpaired) electrons. The summed E-state index contributed by atoms with van der Waals surface area (Å²) in [6.45, 7) is 5.35. The van der Waals surface area contributed by atoms with Gasteiger partial charge in [-0.25, -0.2) is 0 Å². The fraction of sp³-hybridized carbons (Fsp3) is 0.444. The van der Waals surface area contributed by atoms with Crippen LogP contribution in [0.1, 0.15) is 66.2 Å². The first-order chi connectivity index (χ1) is 11.6. The van der Waals surface area contributed by atoms with Gasteiger partial charge in [-0.15, -0.1) is 10.2 Å². The molecule has 0 unspecified atom stereocenters. The van der Waals surface area contributed by atoms with Crippen LogP contribution < -0.4 is 0 Å². The molecule has 0 saturated carbocycles. The summed E-state index contributed by atoms with van der Waals surface area (Å²) in [4.78, 5) is 14.4. The highest BCUT2D eigenvalue weighted by Gasteiger charge is 2.28. The van der Waals surface area contributed by atoms with Crippen molar-refractivity contribution in [2.24, 2.45) is 0 Å². The molecule has 124 valence electrons. The lowest BCUT2D eigenvalue weighted by atomic mass is 9.96. The molecule has 1 aromatic heterocycles. The second-order valence-corrected chi connectivity index (χ2v) is 6.39. The van der Waals surface area contributed by atoms with E-state index in [4.69, 9.17) is 9.68 Å². The molecule has 2 heterocycles. The monoisotopic (exact) mass is 324 g/mol. The molecule has 3 rings (SSSR count). The second-order valence-electron chi connectivity index (χ2n) is 6.39. The number of rotatable bonds is 3. The Balaban J connectivity index is 1.63. The lowest BCUT2D eigenvalue weighted by molar-refractivity contribution is 0.0706. The molecular weight excluding hydrogens is 304 g/mol. The molecule has 1 amide bonds. The predicted octanol–water partition coefficient (Wildman–Crippen LogP) is 3.08. The summed E-state index contributed by atoms with van der Waals surface area (Å²) in [6, 6.07) is 8.90. The van der Waals surface area contributed by atoms with Crippen molar-refractivity contribution < 1.29 is 9.21 Å². The van der Waals surface area contributed by atoms with Crippen LogP contribution in [0.3, 0.4) is 0 Å². The van der Waals surface area contributed by atoms with Crippen molar-refractivity contribution in [2.75, 3.05) is 13.1 Å². The Morgan fingerprint density at radius 2 is 2.08 bits per heavy atom. The van der Waals surface area contributed by atoms with E-state index in [9.17, 15) is 4.79 Å². The predicted molar refractivity (Wildman–Crippen MR) is 87.4 cm³/mol. The quantitative estimate of drug-likeness (QED) is 0.866. The van der Waals surface area contributed by atoms with Gasteiger partial charge in [-0.05, 0) is 31.0 Å². The van der Waals surface area contributed by atoms with Gasteiger partial charge in [0.15, 0.2) is 0 Å². The minimum Gasteiger partial charge on any atom is -0.425 e. The lowest BCUT2D eigenvalue weighted by Crippen LogP contribution is -2.38. The van der Waals surface area contributed by atoms with Crippen LogP contribution in [0, 0.1) is 11.3 Å². The third-order valence-corrected chi connectivity index (χ3v) is 4.32. The molecule has 1 aromatic carbocycles. The Labute approximate surface area is 141 Å². The molecule has 2 aromatic rings. The van der Waals surface area contributed by atoms with Crippen molar-refractivity contribution in [2.45, 2.75) is 38.5 Å². The molecule has 1 aliphatic heterocycles. The molecule has 0 N–H and O–H groups in total. The highest BCUT2D eigenvalue weighted by molar-refractivity contribution is 5.94. The van der Waals surface area contributed by atoms with Crippen molar-refractivity contribution in [1.82, 2.24) is 15.1 Å². The maximum Gasteiger partial charge on any atom is 0.253 e. The molecule has 0 bridgehead atoms. The SMILES string of the molecule is CC(C)c1nnc(C2CCN(C(=O)c3cccc(C#N)c3)CC2)o1. The molecule has 6 nitrogen and oxygen atoms in total. The number of aromatic nitrogens is 2. The maximum atomic E-state index is 12.6. The van der Waals surface area contributed by atoms with Crippen LogP contribution in [-0.4, -0.2) is 34.1 Å². The molecule has 24 heavy (non-hydrogen) atoms. The topological polar surface area (TPSA) is 83.0 Å². The average molecular weight is 324 g/mol. The van der Waals surface area contributed by atoms with Crippen molar-refractivity contribution in [1.29, 1.82) is 5.26 Å². The van der Waals surface area contributed by atoms with E-state index >= 15 is 0 Å². The van der Waals surface area contributed by atoms with E-state index in [1.165, 1.54) is 0 Å². The molecular formula is C18H20N4O2. The minimum absolute atomic E-state index is 0.0288. The summed E-state index contributed by atoms with van der Waals surface area (Å²) in [5.74, 6) is 1.74. The Morgan fingerprint density at radius 1 is 1.33 bits per heavy atom. The van der Waals surface area contributed by atoms with Crippen LogP contribution in [0.15, 0.2) is 28.7 Å². The fourth-order valence-electron chi connectivity index (χ4n) is 2.88. The third kappa shape index (κ3) is 3.30. The first-order valence-corrected chi connectivity index (χ1v) is 8.21. The summed E-state index contributed by atoms with van der Waals surface area (Å²) >= 11 is 0. The second kappa shape index (κ2) is 6.83. The third-order valence-electron chi connectivity index (χ3n) is 4.32. The number of hydrogen-bond acceptors (Lipinski definition) is 5. The molecule has 0 atom stereocenters.